The van der Waals surface area contributed by atoms with E-state index in [4.69, 9.17) is 25.8 Å². The van der Waals surface area contributed by atoms with E-state index >= 15 is 0 Å². The molecule has 1 saturated heterocycles. The van der Waals surface area contributed by atoms with Crippen LogP contribution in [0.15, 0.2) is 18.3 Å². The highest BCUT2D eigenvalue weighted by Crippen LogP contribution is 2.40. The number of ether oxygens (including phenoxy) is 3. The molecule has 0 unspecified atom stereocenters. The number of fused-ring (bicyclic) bond motifs is 1. The molecule has 0 saturated carbocycles. The lowest BCUT2D eigenvalue weighted by atomic mass is 10.1. The molecule has 3 aromatic rings. The van der Waals surface area contributed by atoms with Crippen molar-refractivity contribution < 1.29 is 18.6 Å². The Bertz CT molecular complexity index is 1150. The van der Waals surface area contributed by atoms with Crippen LogP contribution in [-0.4, -0.2) is 66.5 Å². The number of alkyl halides is 1. The molecule has 0 radical (unpaired) electrons. The molecule has 8 nitrogen and oxygen atoms in total. The third kappa shape index (κ3) is 4.22. The van der Waals surface area contributed by atoms with Crippen LogP contribution >= 0.6 is 11.6 Å². The largest absolute Gasteiger partial charge is 0.493 e. The van der Waals surface area contributed by atoms with E-state index in [0.717, 1.165) is 0 Å². The van der Waals surface area contributed by atoms with Crippen molar-refractivity contribution in [3.8, 4) is 34.8 Å². The number of aromatic nitrogens is 3. The summed E-state index contributed by atoms with van der Waals surface area (Å²) >= 11 is 6.52. The molecule has 2 aromatic heterocycles. The van der Waals surface area contributed by atoms with Crippen LogP contribution < -0.4 is 14.2 Å². The third-order valence-corrected chi connectivity index (χ3v) is 5.53. The number of aromatic amines is 1. The van der Waals surface area contributed by atoms with Crippen molar-refractivity contribution in [2.75, 3.05) is 40.5 Å². The quantitative estimate of drug-likeness (QED) is 0.593. The van der Waals surface area contributed by atoms with Gasteiger partial charge in [-0.15, -0.1) is 0 Å². The number of nitriles is 1. The van der Waals surface area contributed by atoms with Gasteiger partial charge in [-0.3, -0.25) is 4.90 Å². The molecule has 1 aromatic carbocycles. The lowest BCUT2D eigenvalue weighted by molar-refractivity contribution is 0.215. The fourth-order valence-corrected chi connectivity index (χ4v) is 3.89. The average Bonchev–Trinajstić information content (AvgIpc) is 3.38. The van der Waals surface area contributed by atoms with Crippen molar-refractivity contribution in [2.24, 2.45) is 0 Å². The van der Waals surface area contributed by atoms with Crippen LogP contribution in [0.4, 0.5) is 4.39 Å². The van der Waals surface area contributed by atoms with Crippen LogP contribution in [0.1, 0.15) is 12.0 Å². The zero-order chi connectivity index (χ0) is 22.0. The molecule has 31 heavy (non-hydrogen) atoms. The predicted octanol–water partition coefficient (Wildman–Crippen LogP) is 3.59. The second-order valence-corrected chi connectivity index (χ2v) is 7.52. The van der Waals surface area contributed by atoms with Gasteiger partial charge in [0.25, 0.3) is 0 Å². The van der Waals surface area contributed by atoms with Gasteiger partial charge in [0.1, 0.15) is 24.5 Å². The van der Waals surface area contributed by atoms with Gasteiger partial charge in [0, 0.05) is 37.5 Å². The summed E-state index contributed by atoms with van der Waals surface area (Å²) in [7, 11) is 3.05. The van der Waals surface area contributed by atoms with E-state index in [0.29, 0.717) is 77.0 Å². The third-order valence-electron chi connectivity index (χ3n) is 5.21. The summed E-state index contributed by atoms with van der Waals surface area (Å²) in [5.74, 6) is 0.948. The second kappa shape index (κ2) is 8.96. The van der Waals surface area contributed by atoms with Gasteiger partial charge in [-0.2, -0.15) is 15.2 Å². The molecule has 0 amide bonds. The number of likely N-dealkylation sites (tertiary alicyclic amines) is 1. The van der Waals surface area contributed by atoms with Crippen molar-refractivity contribution >= 4 is 22.6 Å². The lowest BCUT2D eigenvalue weighted by Gasteiger charge is -2.15. The zero-order valence-electron chi connectivity index (χ0n) is 17.1. The van der Waals surface area contributed by atoms with Gasteiger partial charge in [0.15, 0.2) is 11.5 Å². The Balaban J connectivity index is 1.71. The maximum Gasteiger partial charge on any atom is 0.319 e. The first-order valence-electron chi connectivity index (χ1n) is 9.74. The summed E-state index contributed by atoms with van der Waals surface area (Å²) in [5, 5.41) is 10.4. The van der Waals surface area contributed by atoms with Crippen LogP contribution in [0.3, 0.4) is 0 Å². The van der Waals surface area contributed by atoms with Gasteiger partial charge >= 0.3 is 6.01 Å². The van der Waals surface area contributed by atoms with E-state index < -0.39 is 6.17 Å². The number of benzene rings is 1. The normalized spacial score (nSPS) is 16.4. The fourth-order valence-electron chi connectivity index (χ4n) is 3.65. The molecule has 3 heterocycles. The molecule has 10 heteroatoms. The topological polar surface area (TPSA) is 96.3 Å². The van der Waals surface area contributed by atoms with Crippen LogP contribution in [0.5, 0.6) is 17.5 Å². The van der Waals surface area contributed by atoms with E-state index in [9.17, 15) is 9.65 Å². The number of nitrogens with zero attached hydrogens (tertiary/aromatic N) is 4. The molecule has 1 N–H and O–H groups in total. The molecule has 1 aliphatic rings. The van der Waals surface area contributed by atoms with Gasteiger partial charge in [0.2, 0.25) is 0 Å². The Hall–Kier alpha value is -3.09. The van der Waals surface area contributed by atoms with Crippen LogP contribution in [0, 0.1) is 11.3 Å². The summed E-state index contributed by atoms with van der Waals surface area (Å²) in [4.78, 5) is 13.9. The Morgan fingerprint density at radius 1 is 1.29 bits per heavy atom. The number of rotatable bonds is 7. The van der Waals surface area contributed by atoms with Crippen LogP contribution in [-0.2, 0) is 0 Å². The van der Waals surface area contributed by atoms with Gasteiger partial charge in [-0.05, 0) is 12.5 Å². The molecule has 0 bridgehead atoms. The van der Waals surface area contributed by atoms with Crippen molar-refractivity contribution in [2.45, 2.75) is 12.6 Å². The summed E-state index contributed by atoms with van der Waals surface area (Å²) in [6, 6.07) is 5.61. The highest BCUT2D eigenvalue weighted by molar-refractivity contribution is 6.34. The van der Waals surface area contributed by atoms with Gasteiger partial charge < -0.3 is 19.2 Å². The number of halogens is 2. The molecule has 0 spiro atoms. The predicted molar refractivity (Wildman–Crippen MR) is 114 cm³/mol. The van der Waals surface area contributed by atoms with E-state index in [-0.39, 0.29) is 6.01 Å². The van der Waals surface area contributed by atoms with Gasteiger partial charge in [0.05, 0.1) is 35.9 Å². The van der Waals surface area contributed by atoms with Crippen LogP contribution in [0.25, 0.3) is 22.3 Å². The molecular weight excluding hydrogens is 425 g/mol. The zero-order valence-corrected chi connectivity index (χ0v) is 17.9. The minimum absolute atomic E-state index is 0.135. The van der Waals surface area contributed by atoms with Gasteiger partial charge in [-0.1, -0.05) is 11.6 Å². The lowest BCUT2D eigenvalue weighted by Crippen LogP contribution is -2.26. The Labute approximate surface area is 183 Å². The number of methoxy groups -OCH3 is 2. The SMILES string of the molecule is COc1cc(Cl)c(-c2nc(OCCN3CC[C@@H](F)C3)nc3[nH]cc(C#N)c23)cc1OC. The Morgan fingerprint density at radius 2 is 2.06 bits per heavy atom. The number of hydrogen-bond acceptors (Lipinski definition) is 7. The maximum absolute atomic E-state index is 13.4. The van der Waals surface area contributed by atoms with Crippen molar-refractivity contribution in [1.82, 2.24) is 19.9 Å². The first kappa shape index (κ1) is 21.2. The standard InChI is InChI=1S/C21H21ClFN5O3/c1-29-16-7-14(15(22)8-17(16)30-2)19-18-12(9-24)10-25-20(18)27-21(26-19)31-6-5-28-4-3-13(23)11-28/h7-8,10,13H,3-6,11H2,1-2H3,(H,25,26,27)/t13-/m1/s1. The van der Waals surface area contributed by atoms with Gasteiger partial charge in [-0.25, -0.2) is 4.39 Å². The first-order chi connectivity index (χ1) is 15.0. The van der Waals surface area contributed by atoms with Crippen molar-refractivity contribution in [3.05, 3.63) is 28.9 Å². The summed E-state index contributed by atoms with van der Waals surface area (Å²) < 4.78 is 29.8. The number of hydrogen-bond donors (Lipinski definition) is 1. The Kier molecular flexibility index (Phi) is 6.11. The van der Waals surface area contributed by atoms with Crippen LogP contribution in [0.2, 0.25) is 5.02 Å². The minimum atomic E-state index is -0.783. The average molecular weight is 446 g/mol. The summed E-state index contributed by atoms with van der Waals surface area (Å²) in [6.07, 6.45) is 1.33. The minimum Gasteiger partial charge on any atom is -0.493 e. The Morgan fingerprint density at radius 3 is 2.74 bits per heavy atom. The molecule has 1 atom stereocenters. The highest BCUT2D eigenvalue weighted by Gasteiger charge is 2.23. The summed E-state index contributed by atoms with van der Waals surface area (Å²) in [5.41, 5.74) is 1.82. The number of H-pyrrole nitrogens is 1. The van der Waals surface area contributed by atoms with E-state index in [2.05, 4.69) is 21.0 Å². The van der Waals surface area contributed by atoms with E-state index in [1.807, 2.05) is 4.90 Å². The highest BCUT2D eigenvalue weighted by atomic mass is 35.5. The van der Waals surface area contributed by atoms with Crippen molar-refractivity contribution in [1.29, 1.82) is 5.26 Å². The first-order valence-corrected chi connectivity index (χ1v) is 10.1. The van der Waals surface area contributed by atoms with Crippen molar-refractivity contribution in [3.63, 3.8) is 0 Å². The summed E-state index contributed by atoms with van der Waals surface area (Å²) in [6.45, 7) is 2.00. The van der Waals surface area contributed by atoms with E-state index in [1.54, 1.807) is 18.3 Å². The second-order valence-electron chi connectivity index (χ2n) is 7.11. The molecular formula is C21H21ClFN5O3. The molecule has 0 aliphatic carbocycles. The smallest absolute Gasteiger partial charge is 0.319 e. The molecule has 1 aliphatic heterocycles. The van der Waals surface area contributed by atoms with E-state index in [1.165, 1.54) is 14.2 Å². The molecule has 162 valence electrons. The fraction of sp³-hybridized carbons (Fsp3) is 0.381. The number of nitrogens with one attached hydrogen (secondary N) is 1. The molecule has 4 rings (SSSR count). The maximum atomic E-state index is 13.4. The molecule has 1 fully saturated rings. The monoisotopic (exact) mass is 445 g/mol.